The van der Waals surface area contributed by atoms with Crippen LogP contribution in [0.5, 0.6) is 0 Å². The van der Waals surface area contributed by atoms with E-state index in [9.17, 15) is 14.4 Å². The fraction of sp³-hybridized carbons (Fsp3) is 0.630. The molecule has 5 atom stereocenters. The number of allylic oxidation sites excluding steroid dienone is 2. The van der Waals surface area contributed by atoms with E-state index < -0.39 is 6.10 Å². The molecule has 5 rings (SSSR count). The molecule has 2 amide bonds. The van der Waals surface area contributed by atoms with Gasteiger partial charge >= 0.3 is 5.97 Å². The fourth-order valence-corrected chi connectivity index (χ4v) is 6.23. The van der Waals surface area contributed by atoms with E-state index in [0.717, 1.165) is 57.7 Å². The van der Waals surface area contributed by atoms with Crippen LogP contribution < -0.4 is 4.90 Å². The molecular formula is C27H36N4O4. The van der Waals surface area contributed by atoms with E-state index in [1.807, 2.05) is 18.2 Å². The Bertz CT molecular complexity index is 929. The maximum absolute atomic E-state index is 13.2. The van der Waals surface area contributed by atoms with Crippen molar-refractivity contribution >= 4 is 23.6 Å². The Morgan fingerprint density at radius 2 is 1.74 bits per heavy atom. The predicted molar refractivity (Wildman–Crippen MR) is 131 cm³/mol. The minimum absolute atomic E-state index is 0.0798. The number of rotatable bonds is 10. The van der Waals surface area contributed by atoms with Gasteiger partial charge in [0.2, 0.25) is 11.8 Å². The summed E-state index contributed by atoms with van der Waals surface area (Å²) in [6, 6.07) is 5.92. The van der Waals surface area contributed by atoms with Gasteiger partial charge in [0, 0.05) is 45.3 Å². The van der Waals surface area contributed by atoms with E-state index >= 15 is 0 Å². The SMILES string of the molecule is CCCCCC(=O)OC(CN1CCN(c2ccccn2)CC1)CN1C(=O)C2C3C=CC(C3)C2C1=O. The summed E-state index contributed by atoms with van der Waals surface area (Å²) in [5.74, 6) is 0.487. The number of ether oxygens (including phenoxy) is 1. The van der Waals surface area contributed by atoms with Crippen LogP contribution in [0.2, 0.25) is 0 Å². The standard InChI is InChI=1S/C27H36N4O4/c1-2-3-4-8-23(32)35-21(17-29-12-14-30(15-13-29)22-7-5-6-11-28-22)18-31-26(33)24-19-9-10-20(16-19)25(24)27(31)34/h5-7,9-11,19-21,24-25H,2-4,8,12-18H2,1H3. The number of unbranched alkanes of at least 4 members (excludes halogenated alkanes) is 2. The van der Waals surface area contributed by atoms with Crippen molar-refractivity contribution in [2.24, 2.45) is 23.7 Å². The zero-order valence-corrected chi connectivity index (χ0v) is 20.6. The van der Waals surface area contributed by atoms with E-state index in [4.69, 9.17) is 4.74 Å². The molecular weight excluding hydrogens is 444 g/mol. The number of aromatic nitrogens is 1. The highest BCUT2D eigenvalue weighted by atomic mass is 16.5. The molecule has 1 aromatic heterocycles. The molecule has 2 saturated heterocycles. The Kier molecular flexibility index (Phi) is 7.18. The lowest BCUT2D eigenvalue weighted by Gasteiger charge is -2.37. The van der Waals surface area contributed by atoms with Gasteiger partial charge in [-0.05, 0) is 36.8 Å². The van der Waals surface area contributed by atoms with Crippen LogP contribution in [-0.4, -0.2) is 77.9 Å². The minimum atomic E-state index is -0.511. The summed E-state index contributed by atoms with van der Waals surface area (Å²) in [5, 5.41) is 0. The molecule has 8 heteroatoms. The number of anilines is 1. The maximum atomic E-state index is 13.2. The summed E-state index contributed by atoms with van der Waals surface area (Å²) >= 11 is 0. The summed E-state index contributed by atoms with van der Waals surface area (Å²) in [7, 11) is 0. The molecule has 5 unspecified atom stereocenters. The lowest BCUT2D eigenvalue weighted by Crippen LogP contribution is -2.51. The van der Waals surface area contributed by atoms with Crippen LogP contribution in [0.3, 0.4) is 0 Å². The van der Waals surface area contributed by atoms with Crippen molar-refractivity contribution in [3.63, 3.8) is 0 Å². The monoisotopic (exact) mass is 480 g/mol. The third-order valence-electron chi connectivity index (χ3n) is 8.04. The first-order valence-electron chi connectivity index (χ1n) is 13.2. The van der Waals surface area contributed by atoms with Crippen molar-refractivity contribution in [2.75, 3.05) is 44.2 Å². The summed E-state index contributed by atoms with van der Waals surface area (Å²) in [5.41, 5.74) is 0. The number of amides is 2. The van der Waals surface area contributed by atoms with Gasteiger partial charge in [-0.1, -0.05) is 38.0 Å². The second-order valence-electron chi connectivity index (χ2n) is 10.3. The summed E-state index contributed by atoms with van der Waals surface area (Å²) < 4.78 is 5.89. The molecule has 8 nitrogen and oxygen atoms in total. The van der Waals surface area contributed by atoms with Crippen LogP contribution >= 0.6 is 0 Å². The van der Waals surface area contributed by atoms with Crippen LogP contribution in [-0.2, 0) is 19.1 Å². The van der Waals surface area contributed by atoms with Gasteiger partial charge in [-0.2, -0.15) is 0 Å². The first-order valence-corrected chi connectivity index (χ1v) is 13.2. The molecule has 0 aromatic carbocycles. The molecule has 0 spiro atoms. The molecule has 1 aromatic rings. The number of fused-ring (bicyclic) bond motifs is 5. The number of imide groups is 1. The molecule has 2 aliphatic heterocycles. The van der Waals surface area contributed by atoms with Crippen molar-refractivity contribution in [3.8, 4) is 0 Å². The highest BCUT2D eigenvalue weighted by molar-refractivity contribution is 6.06. The normalized spacial score (nSPS) is 28.6. The van der Waals surface area contributed by atoms with Crippen molar-refractivity contribution in [2.45, 2.75) is 45.1 Å². The van der Waals surface area contributed by atoms with Gasteiger partial charge in [0.1, 0.15) is 11.9 Å². The van der Waals surface area contributed by atoms with Crippen molar-refractivity contribution in [1.82, 2.24) is 14.8 Å². The van der Waals surface area contributed by atoms with Crippen molar-refractivity contribution in [1.29, 1.82) is 0 Å². The second-order valence-corrected chi connectivity index (χ2v) is 10.3. The largest absolute Gasteiger partial charge is 0.459 e. The zero-order valence-electron chi connectivity index (χ0n) is 20.6. The Labute approximate surface area is 207 Å². The number of nitrogens with zero attached hydrogens (tertiary/aromatic N) is 4. The summed E-state index contributed by atoms with van der Waals surface area (Å²) in [6.45, 7) is 6.05. The number of piperazine rings is 1. The van der Waals surface area contributed by atoms with Gasteiger partial charge < -0.3 is 9.64 Å². The van der Waals surface area contributed by atoms with Gasteiger partial charge in [-0.15, -0.1) is 0 Å². The number of pyridine rings is 1. The summed E-state index contributed by atoms with van der Waals surface area (Å²) in [4.78, 5) is 49.4. The van der Waals surface area contributed by atoms with E-state index in [1.165, 1.54) is 4.90 Å². The molecule has 0 N–H and O–H groups in total. The zero-order chi connectivity index (χ0) is 24.4. The lowest BCUT2D eigenvalue weighted by molar-refractivity contribution is -0.155. The fourth-order valence-electron chi connectivity index (χ4n) is 6.23. The minimum Gasteiger partial charge on any atom is -0.459 e. The quantitative estimate of drug-likeness (QED) is 0.220. The lowest BCUT2D eigenvalue weighted by atomic mass is 9.85. The third kappa shape index (κ3) is 4.99. The van der Waals surface area contributed by atoms with Crippen LogP contribution in [0.4, 0.5) is 5.82 Å². The third-order valence-corrected chi connectivity index (χ3v) is 8.04. The summed E-state index contributed by atoms with van der Waals surface area (Å²) in [6.07, 6.45) is 9.60. The topological polar surface area (TPSA) is 83.1 Å². The molecule has 35 heavy (non-hydrogen) atoms. The van der Waals surface area contributed by atoms with Crippen molar-refractivity contribution in [3.05, 3.63) is 36.5 Å². The molecule has 4 aliphatic rings. The molecule has 0 radical (unpaired) electrons. The number of esters is 1. The first kappa shape index (κ1) is 24.0. The number of hydrogen-bond acceptors (Lipinski definition) is 7. The van der Waals surface area contributed by atoms with Gasteiger partial charge in [0.05, 0.1) is 18.4 Å². The Morgan fingerprint density at radius 3 is 2.37 bits per heavy atom. The molecule has 3 fully saturated rings. The van der Waals surface area contributed by atoms with E-state index in [1.54, 1.807) is 6.20 Å². The average Bonchev–Trinajstić information content (AvgIpc) is 3.55. The maximum Gasteiger partial charge on any atom is 0.306 e. The molecule has 188 valence electrons. The van der Waals surface area contributed by atoms with E-state index in [2.05, 4.69) is 33.9 Å². The number of carbonyl (C=O) groups excluding carboxylic acids is 3. The van der Waals surface area contributed by atoms with Gasteiger partial charge in [0.15, 0.2) is 0 Å². The van der Waals surface area contributed by atoms with Crippen LogP contribution in [0, 0.1) is 23.7 Å². The van der Waals surface area contributed by atoms with Gasteiger partial charge in [0.25, 0.3) is 0 Å². The van der Waals surface area contributed by atoms with Gasteiger partial charge in [-0.25, -0.2) is 4.98 Å². The van der Waals surface area contributed by atoms with Gasteiger partial charge in [-0.3, -0.25) is 24.2 Å². The van der Waals surface area contributed by atoms with E-state index in [-0.39, 0.29) is 48.0 Å². The second kappa shape index (κ2) is 10.5. The van der Waals surface area contributed by atoms with E-state index in [0.29, 0.717) is 13.0 Å². The Morgan fingerprint density at radius 1 is 1.03 bits per heavy atom. The highest BCUT2D eigenvalue weighted by Crippen LogP contribution is 2.52. The smallest absolute Gasteiger partial charge is 0.306 e. The van der Waals surface area contributed by atoms with Crippen LogP contribution in [0.1, 0.15) is 39.0 Å². The Balaban J connectivity index is 1.22. The number of carbonyl (C=O) groups is 3. The molecule has 3 heterocycles. The molecule has 1 saturated carbocycles. The predicted octanol–water partition coefficient (Wildman–Crippen LogP) is 2.50. The Hall–Kier alpha value is -2.74. The molecule has 2 bridgehead atoms. The van der Waals surface area contributed by atoms with Crippen LogP contribution in [0.25, 0.3) is 0 Å². The number of hydrogen-bond donors (Lipinski definition) is 0. The van der Waals surface area contributed by atoms with Crippen molar-refractivity contribution < 1.29 is 19.1 Å². The average molecular weight is 481 g/mol. The first-order chi connectivity index (χ1) is 17.0. The number of likely N-dealkylation sites (tertiary alicyclic amines) is 1. The van der Waals surface area contributed by atoms with Crippen LogP contribution in [0.15, 0.2) is 36.5 Å². The molecule has 2 aliphatic carbocycles. The highest BCUT2D eigenvalue weighted by Gasteiger charge is 2.59.